The molecule has 6 heteroatoms. The van der Waals surface area contributed by atoms with Crippen LogP contribution in [0.1, 0.15) is 12.0 Å². The summed E-state index contributed by atoms with van der Waals surface area (Å²) in [5, 5.41) is 6.99. The number of benzene rings is 1. The zero-order valence-corrected chi connectivity index (χ0v) is 13.5. The molecule has 1 aromatic carbocycles. The SMILES string of the molecule is O=C(CC1COCCN1)NCCSCc1cccc(Cl)c1. The molecule has 0 radical (unpaired) electrons. The molecular formula is C15H21ClN2O2S. The van der Waals surface area contributed by atoms with Crippen LogP contribution in [-0.2, 0) is 15.3 Å². The highest BCUT2D eigenvalue weighted by Crippen LogP contribution is 2.16. The van der Waals surface area contributed by atoms with E-state index in [1.807, 2.05) is 18.2 Å². The second kappa shape index (κ2) is 9.30. The first kappa shape index (κ1) is 16.6. The summed E-state index contributed by atoms with van der Waals surface area (Å²) < 4.78 is 5.33. The fourth-order valence-corrected chi connectivity index (χ4v) is 3.15. The number of morpholine rings is 1. The van der Waals surface area contributed by atoms with Crippen LogP contribution < -0.4 is 10.6 Å². The average Bonchev–Trinajstić information content (AvgIpc) is 2.48. The Labute approximate surface area is 135 Å². The Balaban J connectivity index is 1.53. The normalized spacial score (nSPS) is 18.4. The van der Waals surface area contributed by atoms with E-state index in [1.165, 1.54) is 5.56 Å². The second-order valence-electron chi connectivity index (χ2n) is 4.96. The Morgan fingerprint density at radius 3 is 3.19 bits per heavy atom. The molecule has 0 aromatic heterocycles. The van der Waals surface area contributed by atoms with Gasteiger partial charge in [0.25, 0.3) is 0 Å². The summed E-state index contributed by atoms with van der Waals surface area (Å²) in [4.78, 5) is 11.8. The summed E-state index contributed by atoms with van der Waals surface area (Å²) in [7, 11) is 0. The van der Waals surface area contributed by atoms with Crippen LogP contribution in [0, 0.1) is 0 Å². The molecule has 1 saturated heterocycles. The molecule has 1 fully saturated rings. The van der Waals surface area contributed by atoms with E-state index in [0.717, 1.165) is 29.7 Å². The van der Waals surface area contributed by atoms with E-state index in [0.29, 0.717) is 19.6 Å². The predicted molar refractivity (Wildman–Crippen MR) is 87.9 cm³/mol. The van der Waals surface area contributed by atoms with Crippen molar-refractivity contribution in [2.45, 2.75) is 18.2 Å². The number of carbonyl (C=O) groups is 1. The average molecular weight is 329 g/mol. The molecule has 0 aliphatic carbocycles. The van der Waals surface area contributed by atoms with Gasteiger partial charge in [0.2, 0.25) is 5.91 Å². The zero-order chi connectivity index (χ0) is 14.9. The van der Waals surface area contributed by atoms with Gasteiger partial charge in [0.05, 0.1) is 13.2 Å². The Bertz CT molecular complexity index is 453. The van der Waals surface area contributed by atoms with Crippen molar-refractivity contribution in [3.8, 4) is 0 Å². The van der Waals surface area contributed by atoms with E-state index in [1.54, 1.807) is 11.8 Å². The number of amides is 1. The molecule has 4 nitrogen and oxygen atoms in total. The van der Waals surface area contributed by atoms with Gasteiger partial charge in [-0.05, 0) is 17.7 Å². The first-order valence-electron chi connectivity index (χ1n) is 7.14. The van der Waals surface area contributed by atoms with Gasteiger partial charge < -0.3 is 15.4 Å². The highest BCUT2D eigenvalue weighted by molar-refractivity contribution is 7.98. The Hall–Kier alpha value is -0.750. The van der Waals surface area contributed by atoms with Gasteiger partial charge in [-0.1, -0.05) is 23.7 Å². The molecule has 2 rings (SSSR count). The van der Waals surface area contributed by atoms with Gasteiger partial charge in [-0.15, -0.1) is 0 Å². The van der Waals surface area contributed by atoms with Crippen LogP contribution in [0.4, 0.5) is 0 Å². The van der Waals surface area contributed by atoms with Crippen molar-refractivity contribution in [3.63, 3.8) is 0 Å². The smallest absolute Gasteiger partial charge is 0.221 e. The van der Waals surface area contributed by atoms with Gasteiger partial charge in [-0.3, -0.25) is 4.79 Å². The van der Waals surface area contributed by atoms with E-state index < -0.39 is 0 Å². The Morgan fingerprint density at radius 2 is 2.43 bits per heavy atom. The molecule has 0 spiro atoms. The summed E-state index contributed by atoms with van der Waals surface area (Å²) in [6.45, 7) is 2.88. The molecule has 1 atom stereocenters. The molecule has 1 aliphatic rings. The molecule has 1 heterocycles. The summed E-state index contributed by atoms with van der Waals surface area (Å²) in [6, 6.07) is 8.02. The molecule has 1 amide bonds. The summed E-state index contributed by atoms with van der Waals surface area (Å²) in [6.07, 6.45) is 0.485. The molecular weight excluding hydrogens is 308 g/mol. The van der Waals surface area contributed by atoms with Crippen molar-refractivity contribution in [2.24, 2.45) is 0 Å². The lowest BCUT2D eigenvalue weighted by atomic mass is 10.2. The lowest BCUT2D eigenvalue weighted by Crippen LogP contribution is -2.44. The van der Waals surface area contributed by atoms with Gasteiger partial charge in [0, 0.05) is 42.1 Å². The van der Waals surface area contributed by atoms with E-state index in [9.17, 15) is 4.79 Å². The van der Waals surface area contributed by atoms with Crippen LogP contribution in [0.2, 0.25) is 5.02 Å². The van der Waals surface area contributed by atoms with E-state index >= 15 is 0 Å². The monoisotopic (exact) mass is 328 g/mol. The van der Waals surface area contributed by atoms with E-state index in [-0.39, 0.29) is 11.9 Å². The minimum absolute atomic E-state index is 0.0846. The molecule has 21 heavy (non-hydrogen) atoms. The molecule has 1 unspecified atom stereocenters. The zero-order valence-electron chi connectivity index (χ0n) is 11.9. The molecule has 0 bridgehead atoms. The number of carbonyl (C=O) groups excluding carboxylic acids is 1. The molecule has 1 aliphatic heterocycles. The van der Waals surface area contributed by atoms with E-state index in [4.69, 9.17) is 16.3 Å². The van der Waals surface area contributed by atoms with Crippen LogP contribution in [0.5, 0.6) is 0 Å². The highest BCUT2D eigenvalue weighted by atomic mass is 35.5. The van der Waals surface area contributed by atoms with Crippen LogP contribution in [0.15, 0.2) is 24.3 Å². The molecule has 0 saturated carbocycles. The van der Waals surface area contributed by atoms with E-state index in [2.05, 4.69) is 16.7 Å². The van der Waals surface area contributed by atoms with Crippen LogP contribution in [0.3, 0.4) is 0 Å². The van der Waals surface area contributed by atoms with Crippen molar-refractivity contribution in [3.05, 3.63) is 34.9 Å². The molecule has 2 N–H and O–H groups in total. The third-order valence-corrected chi connectivity index (χ3v) is 4.42. The minimum Gasteiger partial charge on any atom is -0.378 e. The van der Waals surface area contributed by atoms with Gasteiger partial charge in [0.15, 0.2) is 0 Å². The number of rotatable bonds is 7. The number of hydrogen-bond donors (Lipinski definition) is 2. The Morgan fingerprint density at radius 1 is 1.52 bits per heavy atom. The van der Waals surface area contributed by atoms with Crippen molar-refractivity contribution >= 4 is 29.3 Å². The fraction of sp³-hybridized carbons (Fsp3) is 0.533. The maximum atomic E-state index is 11.8. The third kappa shape index (κ3) is 6.70. The second-order valence-corrected chi connectivity index (χ2v) is 6.50. The Kier molecular flexibility index (Phi) is 7.36. The van der Waals surface area contributed by atoms with Crippen molar-refractivity contribution < 1.29 is 9.53 Å². The van der Waals surface area contributed by atoms with Crippen molar-refractivity contribution in [1.82, 2.24) is 10.6 Å². The third-order valence-electron chi connectivity index (χ3n) is 3.16. The standard InChI is InChI=1S/C15H21ClN2O2S/c16-13-3-1-2-12(8-13)11-21-7-5-18-15(19)9-14-10-20-6-4-17-14/h1-3,8,14,17H,4-7,9-11H2,(H,18,19). The van der Waals surface area contributed by atoms with Gasteiger partial charge in [-0.25, -0.2) is 0 Å². The fourth-order valence-electron chi connectivity index (χ4n) is 2.13. The van der Waals surface area contributed by atoms with Gasteiger partial charge in [0.1, 0.15) is 0 Å². The first-order valence-corrected chi connectivity index (χ1v) is 8.67. The largest absolute Gasteiger partial charge is 0.378 e. The first-order chi connectivity index (χ1) is 10.2. The quantitative estimate of drug-likeness (QED) is 0.752. The van der Waals surface area contributed by atoms with Crippen molar-refractivity contribution in [1.29, 1.82) is 0 Å². The lowest BCUT2D eigenvalue weighted by Gasteiger charge is -2.23. The number of halogens is 1. The topological polar surface area (TPSA) is 50.4 Å². The summed E-state index contributed by atoms with van der Waals surface area (Å²) in [5.74, 6) is 1.89. The van der Waals surface area contributed by atoms with Crippen LogP contribution >= 0.6 is 23.4 Å². The molecule has 1 aromatic rings. The summed E-state index contributed by atoms with van der Waals surface area (Å²) in [5.41, 5.74) is 1.21. The number of hydrogen-bond acceptors (Lipinski definition) is 4. The summed E-state index contributed by atoms with van der Waals surface area (Å²) >= 11 is 7.73. The molecule has 116 valence electrons. The highest BCUT2D eigenvalue weighted by Gasteiger charge is 2.16. The van der Waals surface area contributed by atoms with Crippen LogP contribution in [0.25, 0.3) is 0 Å². The predicted octanol–water partition coefficient (Wildman–Crippen LogP) is 2.07. The number of thioether (sulfide) groups is 1. The minimum atomic E-state index is 0.0846. The maximum Gasteiger partial charge on any atom is 0.221 e. The number of nitrogens with one attached hydrogen (secondary N) is 2. The maximum absolute atomic E-state index is 11.8. The van der Waals surface area contributed by atoms with Gasteiger partial charge >= 0.3 is 0 Å². The lowest BCUT2D eigenvalue weighted by molar-refractivity contribution is -0.122. The van der Waals surface area contributed by atoms with Gasteiger partial charge in [-0.2, -0.15) is 11.8 Å². The number of ether oxygens (including phenoxy) is 1. The van der Waals surface area contributed by atoms with Crippen molar-refractivity contribution in [2.75, 3.05) is 32.1 Å². The van der Waals surface area contributed by atoms with Crippen LogP contribution in [-0.4, -0.2) is 44.0 Å².